The van der Waals surface area contributed by atoms with E-state index in [1.54, 1.807) is 6.07 Å². The summed E-state index contributed by atoms with van der Waals surface area (Å²) in [6, 6.07) is 4.64. The fraction of sp³-hybridized carbons (Fsp3) is 0.467. The molecule has 0 heterocycles. The number of benzene rings is 1. The summed E-state index contributed by atoms with van der Waals surface area (Å²) < 4.78 is 0. The molecule has 0 saturated heterocycles. The zero-order valence-corrected chi connectivity index (χ0v) is 12.7. The van der Waals surface area contributed by atoms with Gasteiger partial charge >= 0.3 is 0 Å². The Bertz CT molecular complexity index is 572. The molecule has 1 aromatic carbocycles. The normalized spacial score (nSPS) is 25.4. The van der Waals surface area contributed by atoms with Crippen molar-refractivity contribution in [1.82, 2.24) is 0 Å². The number of anilines is 1. The van der Waals surface area contributed by atoms with Crippen LogP contribution in [0.2, 0.25) is 5.02 Å². The number of hydrogen-bond acceptors (Lipinski definition) is 3. The fourth-order valence-corrected chi connectivity index (χ4v) is 3.08. The molecule has 1 saturated carbocycles. The second kappa shape index (κ2) is 6.03. The fourth-order valence-electron chi connectivity index (χ4n) is 2.81. The van der Waals surface area contributed by atoms with Gasteiger partial charge in [-0.3, -0.25) is 9.59 Å². The maximum absolute atomic E-state index is 12.4. The van der Waals surface area contributed by atoms with E-state index >= 15 is 0 Å². The molecule has 0 aliphatic heterocycles. The summed E-state index contributed by atoms with van der Waals surface area (Å²) in [7, 11) is 0. The van der Waals surface area contributed by atoms with Gasteiger partial charge in [-0.25, -0.2) is 0 Å². The van der Waals surface area contributed by atoms with Gasteiger partial charge in [-0.2, -0.15) is 0 Å². The highest BCUT2D eigenvalue weighted by molar-refractivity contribution is 6.34. The molecule has 1 aromatic rings. The number of nitrogens with one attached hydrogen (secondary N) is 1. The van der Waals surface area contributed by atoms with Crippen molar-refractivity contribution in [3.05, 3.63) is 28.8 Å². The van der Waals surface area contributed by atoms with Crippen LogP contribution in [0.3, 0.4) is 0 Å². The first-order chi connectivity index (χ1) is 9.81. The molecule has 0 aromatic heterocycles. The first-order valence-corrected chi connectivity index (χ1v) is 7.38. The van der Waals surface area contributed by atoms with Crippen LogP contribution in [0, 0.1) is 5.92 Å². The molecule has 114 valence electrons. The molecule has 0 bridgehead atoms. The molecule has 21 heavy (non-hydrogen) atoms. The minimum atomic E-state index is -0.598. The molecule has 2 amide bonds. The van der Waals surface area contributed by atoms with Gasteiger partial charge in [0, 0.05) is 11.2 Å². The van der Waals surface area contributed by atoms with Gasteiger partial charge in [0.25, 0.3) is 0 Å². The SMILES string of the molecule is CC1(N)CCCCC1C(=O)Nc1ccc(C(N)=O)c(Cl)c1. The molecule has 1 fully saturated rings. The van der Waals surface area contributed by atoms with Crippen molar-refractivity contribution in [3.8, 4) is 0 Å². The van der Waals surface area contributed by atoms with E-state index in [2.05, 4.69) is 5.32 Å². The van der Waals surface area contributed by atoms with E-state index in [0.29, 0.717) is 5.69 Å². The lowest BCUT2D eigenvalue weighted by atomic mass is 9.74. The topological polar surface area (TPSA) is 98.2 Å². The van der Waals surface area contributed by atoms with Crippen molar-refractivity contribution in [3.63, 3.8) is 0 Å². The molecular formula is C15H20ClN3O2. The number of hydrogen-bond donors (Lipinski definition) is 3. The summed E-state index contributed by atoms with van der Waals surface area (Å²) >= 11 is 5.97. The smallest absolute Gasteiger partial charge is 0.250 e. The van der Waals surface area contributed by atoms with E-state index in [0.717, 1.165) is 25.7 Å². The van der Waals surface area contributed by atoms with E-state index < -0.39 is 11.4 Å². The van der Waals surface area contributed by atoms with Crippen molar-refractivity contribution in [2.45, 2.75) is 38.1 Å². The van der Waals surface area contributed by atoms with Crippen LogP contribution in [0.5, 0.6) is 0 Å². The molecule has 2 atom stereocenters. The Labute approximate surface area is 129 Å². The van der Waals surface area contributed by atoms with Gasteiger partial charge in [-0.15, -0.1) is 0 Å². The molecule has 6 heteroatoms. The van der Waals surface area contributed by atoms with E-state index in [1.807, 2.05) is 6.92 Å². The third-order valence-electron chi connectivity index (χ3n) is 4.07. The van der Waals surface area contributed by atoms with Crippen molar-refractivity contribution in [2.75, 3.05) is 5.32 Å². The van der Waals surface area contributed by atoms with E-state index in [9.17, 15) is 9.59 Å². The van der Waals surface area contributed by atoms with Crippen molar-refractivity contribution in [1.29, 1.82) is 0 Å². The van der Waals surface area contributed by atoms with Crippen LogP contribution in [-0.2, 0) is 4.79 Å². The monoisotopic (exact) mass is 309 g/mol. The number of rotatable bonds is 3. The highest BCUT2D eigenvalue weighted by Crippen LogP contribution is 2.32. The maximum atomic E-state index is 12.4. The molecular weight excluding hydrogens is 290 g/mol. The average Bonchev–Trinajstić information content (AvgIpc) is 2.37. The molecule has 5 nitrogen and oxygen atoms in total. The van der Waals surface area contributed by atoms with Crippen LogP contribution in [0.15, 0.2) is 18.2 Å². The molecule has 2 unspecified atom stereocenters. The second-order valence-electron chi connectivity index (χ2n) is 5.85. The summed E-state index contributed by atoms with van der Waals surface area (Å²) in [6.07, 6.45) is 3.68. The lowest BCUT2D eigenvalue weighted by Crippen LogP contribution is -2.51. The van der Waals surface area contributed by atoms with Gasteiger partial charge in [-0.05, 0) is 38.0 Å². The first-order valence-electron chi connectivity index (χ1n) is 7.00. The third-order valence-corrected chi connectivity index (χ3v) is 4.39. The third kappa shape index (κ3) is 3.54. The lowest BCUT2D eigenvalue weighted by Gasteiger charge is -2.37. The maximum Gasteiger partial charge on any atom is 0.250 e. The zero-order valence-electron chi connectivity index (χ0n) is 12.0. The highest BCUT2D eigenvalue weighted by Gasteiger charge is 2.37. The molecule has 0 radical (unpaired) electrons. The van der Waals surface area contributed by atoms with Crippen LogP contribution in [0.1, 0.15) is 43.0 Å². The average molecular weight is 310 g/mol. The highest BCUT2D eigenvalue weighted by atomic mass is 35.5. The number of nitrogens with two attached hydrogens (primary N) is 2. The van der Waals surface area contributed by atoms with Crippen molar-refractivity contribution < 1.29 is 9.59 Å². The zero-order chi connectivity index (χ0) is 15.6. The van der Waals surface area contributed by atoms with Gasteiger partial charge in [-0.1, -0.05) is 24.4 Å². The predicted molar refractivity (Wildman–Crippen MR) is 83.2 cm³/mol. The van der Waals surface area contributed by atoms with Crippen LogP contribution >= 0.6 is 11.6 Å². The predicted octanol–water partition coefficient (Wildman–Crippen LogP) is 2.29. The number of carbonyl (C=O) groups is 2. The van der Waals surface area contributed by atoms with Crippen LogP contribution < -0.4 is 16.8 Å². The summed E-state index contributed by atoms with van der Waals surface area (Å²) in [5.41, 5.74) is 11.7. The summed E-state index contributed by atoms with van der Waals surface area (Å²) in [5, 5.41) is 3.04. The summed E-state index contributed by atoms with van der Waals surface area (Å²) in [6.45, 7) is 1.92. The van der Waals surface area contributed by atoms with E-state index in [4.69, 9.17) is 23.1 Å². The van der Waals surface area contributed by atoms with Gasteiger partial charge in [0.2, 0.25) is 11.8 Å². The summed E-state index contributed by atoms with van der Waals surface area (Å²) in [5.74, 6) is -0.928. The Balaban J connectivity index is 2.12. The van der Waals surface area contributed by atoms with Crippen LogP contribution in [-0.4, -0.2) is 17.4 Å². The van der Waals surface area contributed by atoms with Gasteiger partial charge in [0.15, 0.2) is 0 Å². The number of amides is 2. The van der Waals surface area contributed by atoms with E-state index in [1.165, 1.54) is 12.1 Å². The van der Waals surface area contributed by atoms with Crippen LogP contribution in [0.4, 0.5) is 5.69 Å². The Morgan fingerprint density at radius 2 is 2.10 bits per heavy atom. The largest absolute Gasteiger partial charge is 0.366 e. The molecule has 1 aliphatic carbocycles. The minimum absolute atomic E-state index is 0.109. The van der Waals surface area contributed by atoms with Gasteiger partial charge in [0.1, 0.15) is 0 Å². The Kier molecular flexibility index (Phi) is 4.54. The molecule has 1 aliphatic rings. The first kappa shape index (κ1) is 15.8. The Hall–Kier alpha value is -1.59. The van der Waals surface area contributed by atoms with Gasteiger partial charge in [0.05, 0.1) is 16.5 Å². The Morgan fingerprint density at radius 1 is 1.38 bits per heavy atom. The minimum Gasteiger partial charge on any atom is -0.366 e. The molecule has 0 spiro atoms. The van der Waals surface area contributed by atoms with E-state index in [-0.39, 0.29) is 22.4 Å². The molecule has 5 N–H and O–H groups in total. The van der Waals surface area contributed by atoms with Crippen molar-refractivity contribution in [2.24, 2.45) is 17.4 Å². The Morgan fingerprint density at radius 3 is 2.67 bits per heavy atom. The second-order valence-corrected chi connectivity index (χ2v) is 6.26. The standard InChI is InChI=1S/C15H20ClN3O2/c1-15(18)7-3-2-4-11(15)14(21)19-9-5-6-10(13(17)20)12(16)8-9/h5-6,8,11H,2-4,7,18H2,1H3,(H2,17,20)(H,19,21). The number of carbonyl (C=O) groups excluding carboxylic acids is 2. The van der Waals surface area contributed by atoms with Crippen molar-refractivity contribution >= 4 is 29.1 Å². The van der Waals surface area contributed by atoms with Crippen LogP contribution in [0.25, 0.3) is 0 Å². The lowest BCUT2D eigenvalue weighted by molar-refractivity contribution is -0.122. The quantitative estimate of drug-likeness (QED) is 0.799. The number of halogens is 1. The molecule has 2 rings (SSSR count). The summed E-state index contributed by atoms with van der Waals surface area (Å²) in [4.78, 5) is 23.5. The number of primary amides is 1. The van der Waals surface area contributed by atoms with Gasteiger partial charge < -0.3 is 16.8 Å².